The SMILES string of the molecule is C=CC/C(=C\C)c1ccc(C(=C)NCC2CCN(C)[C@@H](c3nc4ccccc4[nH]3)C2)cc1. The van der Waals surface area contributed by atoms with Crippen LogP contribution in [0.2, 0.25) is 0 Å². The van der Waals surface area contributed by atoms with Gasteiger partial charge < -0.3 is 10.3 Å². The van der Waals surface area contributed by atoms with E-state index in [9.17, 15) is 0 Å². The molecule has 32 heavy (non-hydrogen) atoms. The van der Waals surface area contributed by atoms with Crippen LogP contribution < -0.4 is 5.32 Å². The number of hydrogen-bond acceptors (Lipinski definition) is 3. The van der Waals surface area contributed by atoms with Gasteiger partial charge in [0, 0.05) is 12.2 Å². The highest BCUT2D eigenvalue weighted by Gasteiger charge is 2.29. The molecule has 2 N–H and O–H groups in total. The summed E-state index contributed by atoms with van der Waals surface area (Å²) in [5, 5.41) is 3.60. The Hall–Kier alpha value is -3.11. The fourth-order valence-corrected chi connectivity index (χ4v) is 4.60. The zero-order chi connectivity index (χ0) is 22.5. The Kier molecular flexibility index (Phi) is 6.91. The number of fused-ring (bicyclic) bond motifs is 1. The quantitative estimate of drug-likeness (QED) is 0.422. The van der Waals surface area contributed by atoms with Crippen molar-refractivity contribution in [3.05, 3.63) is 90.8 Å². The van der Waals surface area contributed by atoms with Crippen molar-refractivity contribution in [3.63, 3.8) is 0 Å². The van der Waals surface area contributed by atoms with E-state index in [4.69, 9.17) is 4.98 Å². The maximum absolute atomic E-state index is 4.86. The van der Waals surface area contributed by atoms with Gasteiger partial charge in [-0.25, -0.2) is 4.98 Å². The lowest BCUT2D eigenvalue weighted by Crippen LogP contribution is -2.37. The molecule has 0 spiro atoms. The molecule has 0 aliphatic carbocycles. The number of imidazole rings is 1. The smallest absolute Gasteiger partial charge is 0.124 e. The van der Waals surface area contributed by atoms with E-state index in [2.05, 4.69) is 90.9 Å². The van der Waals surface area contributed by atoms with Crippen LogP contribution in [0.5, 0.6) is 0 Å². The van der Waals surface area contributed by atoms with Gasteiger partial charge in [-0.2, -0.15) is 0 Å². The van der Waals surface area contributed by atoms with Crippen LogP contribution in [0.4, 0.5) is 0 Å². The first kappa shape index (κ1) is 22.1. The molecule has 1 unspecified atom stereocenters. The summed E-state index contributed by atoms with van der Waals surface area (Å²) in [7, 11) is 2.20. The summed E-state index contributed by atoms with van der Waals surface area (Å²) < 4.78 is 0. The third-order valence-electron chi connectivity index (χ3n) is 6.62. The van der Waals surface area contributed by atoms with Crippen molar-refractivity contribution in [1.29, 1.82) is 0 Å². The first-order valence-corrected chi connectivity index (χ1v) is 11.5. The molecule has 1 fully saturated rings. The molecule has 1 aliphatic rings. The number of nitrogens with zero attached hydrogens (tertiary/aromatic N) is 2. The highest BCUT2D eigenvalue weighted by molar-refractivity contribution is 5.74. The van der Waals surface area contributed by atoms with Gasteiger partial charge in [-0.3, -0.25) is 4.90 Å². The van der Waals surface area contributed by atoms with Crippen LogP contribution in [-0.2, 0) is 0 Å². The van der Waals surface area contributed by atoms with Crippen LogP contribution in [0.25, 0.3) is 22.3 Å². The van der Waals surface area contributed by atoms with E-state index in [1.54, 1.807) is 0 Å². The molecule has 1 aliphatic heterocycles. The first-order chi connectivity index (χ1) is 15.6. The highest BCUT2D eigenvalue weighted by Crippen LogP contribution is 2.32. The number of piperidine rings is 1. The van der Waals surface area contributed by atoms with Gasteiger partial charge in [-0.1, -0.05) is 55.1 Å². The summed E-state index contributed by atoms with van der Waals surface area (Å²) in [5.74, 6) is 1.66. The fourth-order valence-electron chi connectivity index (χ4n) is 4.60. The average molecular weight is 427 g/mol. The molecule has 4 nitrogen and oxygen atoms in total. The van der Waals surface area contributed by atoms with Crippen LogP contribution in [0, 0.1) is 5.92 Å². The van der Waals surface area contributed by atoms with Gasteiger partial charge in [0.15, 0.2) is 0 Å². The van der Waals surface area contributed by atoms with Gasteiger partial charge in [0.1, 0.15) is 5.82 Å². The predicted molar refractivity (Wildman–Crippen MR) is 136 cm³/mol. The third-order valence-corrected chi connectivity index (χ3v) is 6.62. The Balaban J connectivity index is 1.37. The summed E-state index contributed by atoms with van der Waals surface area (Å²) in [4.78, 5) is 10.8. The monoisotopic (exact) mass is 426 g/mol. The van der Waals surface area contributed by atoms with E-state index in [1.807, 2.05) is 12.1 Å². The van der Waals surface area contributed by atoms with Crippen LogP contribution in [0.15, 0.2) is 73.8 Å². The van der Waals surface area contributed by atoms with Crippen molar-refractivity contribution in [1.82, 2.24) is 20.2 Å². The highest BCUT2D eigenvalue weighted by atomic mass is 15.2. The second-order valence-corrected chi connectivity index (χ2v) is 8.77. The van der Waals surface area contributed by atoms with E-state index >= 15 is 0 Å². The molecule has 0 amide bonds. The van der Waals surface area contributed by atoms with Crippen LogP contribution in [0.1, 0.15) is 49.2 Å². The number of aromatic amines is 1. The summed E-state index contributed by atoms with van der Waals surface area (Å²) in [6.45, 7) is 12.2. The molecular formula is C28H34N4. The maximum atomic E-state index is 4.86. The number of hydrogen-bond donors (Lipinski definition) is 2. The van der Waals surface area contributed by atoms with E-state index < -0.39 is 0 Å². The van der Waals surface area contributed by atoms with E-state index in [-0.39, 0.29) is 0 Å². The Labute approximate surface area is 191 Å². The number of nitrogens with one attached hydrogen (secondary N) is 2. The first-order valence-electron chi connectivity index (χ1n) is 11.5. The molecule has 4 heteroatoms. The lowest BCUT2D eigenvalue weighted by atomic mass is 9.90. The summed E-state index contributed by atoms with van der Waals surface area (Å²) in [5.41, 5.74) is 6.83. The van der Waals surface area contributed by atoms with Crippen molar-refractivity contribution >= 4 is 22.3 Å². The van der Waals surface area contributed by atoms with Crippen LogP contribution in [0.3, 0.4) is 0 Å². The van der Waals surface area contributed by atoms with Crippen LogP contribution >= 0.6 is 0 Å². The van der Waals surface area contributed by atoms with Crippen molar-refractivity contribution in [3.8, 4) is 0 Å². The number of benzene rings is 2. The van der Waals surface area contributed by atoms with Gasteiger partial charge >= 0.3 is 0 Å². The van der Waals surface area contributed by atoms with E-state index in [0.717, 1.165) is 54.0 Å². The minimum absolute atomic E-state index is 0.319. The number of aromatic nitrogens is 2. The lowest BCUT2D eigenvalue weighted by Gasteiger charge is -2.36. The number of likely N-dealkylation sites (tertiary alicyclic amines) is 1. The van der Waals surface area contributed by atoms with Gasteiger partial charge in [-0.05, 0) is 74.5 Å². The molecule has 1 aromatic heterocycles. The number of H-pyrrole nitrogens is 1. The zero-order valence-electron chi connectivity index (χ0n) is 19.3. The van der Waals surface area contributed by atoms with Crippen LogP contribution in [-0.4, -0.2) is 35.0 Å². The molecule has 4 rings (SSSR count). The van der Waals surface area contributed by atoms with Gasteiger partial charge in [0.05, 0.1) is 17.1 Å². The zero-order valence-corrected chi connectivity index (χ0v) is 19.3. The summed E-state index contributed by atoms with van der Waals surface area (Å²) in [6, 6.07) is 17.2. The molecule has 0 bridgehead atoms. The second kappa shape index (κ2) is 10.0. The molecule has 0 radical (unpaired) electrons. The molecule has 166 valence electrons. The lowest BCUT2D eigenvalue weighted by molar-refractivity contribution is 0.137. The van der Waals surface area contributed by atoms with E-state index in [1.165, 1.54) is 17.6 Å². The minimum Gasteiger partial charge on any atom is -0.385 e. The predicted octanol–water partition coefficient (Wildman–Crippen LogP) is 6.19. The van der Waals surface area contributed by atoms with E-state index in [0.29, 0.717) is 12.0 Å². The minimum atomic E-state index is 0.319. The van der Waals surface area contributed by atoms with Gasteiger partial charge in [0.2, 0.25) is 0 Å². The molecule has 2 heterocycles. The molecule has 1 saturated heterocycles. The Morgan fingerprint density at radius 3 is 2.66 bits per heavy atom. The number of allylic oxidation sites excluding steroid dienone is 3. The molecule has 3 aromatic rings. The fraction of sp³-hybridized carbons (Fsp3) is 0.321. The maximum Gasteiger partial charge on any atom is 0.124 e. The van der Waals surface area contributed by atoms with Crippen molar-refractivity contribution in [2.75, 3.05) is 20.1 Å². The topological polar surface area (TPSA) is 44.0 Å². The number of rotatable bonds is 8. The summed E-state index contributed by atoms with van der Waals surface area (Å²) in [6.07, 6.45) is 7.25. The largest absolute Gasteiger partial charge is 0.385 e. The standard InChI is InChI=1S/C28H34N4/c1-5-9-22(6-2)24-14-12-23(13-15-24)20(3)29-19-21-16-17-32(4)27(18-21)28-30-25-10-7-8-11-26(25)31-28/h5-8,10-15,21,27,29H,1,3,9,16-19H2,2,4H3,(H,30,31)/b22-6+/t21?,27-/m1/s1. The Morgan fingerprint density at radius 1 is 1.19 bits per heavy atom. The second-order valence-electron chi connectivity index (χ2n) is 8.77. The number of para-hydroxylation sites is 2. The average Bonchev–Trinajstić information content (AvgIpc) is 3.26. The third kappa shape index (κ3) is 4.86. The molecule has 0 saturated carbocycles. The summed E-state index contributed by atoms with van der Waals surface area (Å²) >= 11 is 0. The normalized spacial score (nSPS) is 19.8. The molecular weight excluding hydrogens is 392 g/mol. The van der Waals surface area contributed by atoms with Crippen molar-refractivity contribution in [2.24, 2.45) is 5.92 Å². The molecule has 2 aromatic carbocycles. The van der Waals surface area contributed by atoms with Gasteiger partial charge in [-0.15, -0.1) is 6.58 Å². The van der Waals surface area contributed by atoms with Crippen molar-refractivity contribution < 1.29 is 0 Å². The van der Waals surface area contributed by atoms with Gasteiger partial charge in [0.25, 0.3) is 0 Å². The Bertz CT molecular complexity index is 1070. The van der Waals surface area contributed by atoms with Crippen molar-refractivity contribution in [2.45, 2.75) is 32.2 Å². The molecule has 2 atom stereocenters. The Morgan fingerprint density at radius 2 is 1.94 bits per heavy atom.